The van der Waals surface area contributed by atoms with Crippen LogP contribution in [0.1, 0.15) is 31.8 Å². The van der Waals surface area contributed by atoms with Crippen molar-refractivity contribution >= 4 is 11.6 Å². The number of carbonyl (C=O) groups excluding carboxylic acids is 2. The van der Waals surface area contributed by atoms with Crippen LogP contribution in [0, 0.1) is 0 Å². The predicted molar refractivity (Wildman–Crippen MR) is 117 cm³/mol. The van der Waals surface area contributed by atoms with Gasteiger partial charge in [0.05, 0.1) is 0 Å². The van der Waals surface area contributed by atoms with Crippen molar-refractivity contribution in [3.05, 3.63) is 144 Å². The van der Waals surface area contributed by atoms with Gasteiger partial charge in [-0.3, -0.25) is 9.59 Å². The van der Waals surface area contributed by atoms with E-state index in [9.17, 15) is 9.59 Å². The molecule has 0 bridgehead atoms. The SMILES string of the molecule is O=C(Cc1ccccc1)c1ccccc1.O=C(c1ccccc1)c1ccccc1. The van der Waals surface area contributed by atoms with E-state index in [1.807, 2.05) is 121 Å². The highest BCUT2D eigenvalue weighted by atomic mass is 16.1. The number of hydrogen-bond acceptors (Lipinski definition) is 2. The van der Waals surface area contributed by atoms with E-state index in [2.05, 4.69) is 0 Å². The Morgan fingerprint density at radius 1 is 0.448 bits per heavy atom. The van der Waals surface area contributed by atoms with Gasteiger partial charge in [-0.2, -0.15) is 0 Å². The molecule has 0 saturated carbocycles. The average molecular weight is 378 g/mol. The lowest BCUT2D eigenvalue weighted by Crippen LogP contribution is -2.02. The maximum atomic E-state index is 11.8. The minimum Gasteiger partial charge on any atom is -0.294 e. The highest BCUT2D eigenvalue weighted by Gasteiger charge is 2.06. The summed E-state index contributed by atoms with van der Waals surface area (Å²) in [4.78, 5) is 23.7. The van der Waals surface area contributed by atoms with E-state index in [0.717, 1.165) is 22.3 Å². The van der Waals surface area contributed by atoms with Crippen molar-refractivity contribution in [2.24, 2.45) is 0 Å². The first-order valence-electron chi connectivity index (χ1n) is 9.51. The zero-order valence-corrected chi connectivity index (χ0v) is 16.1. The first-order chi connectivity index (χ1) is 14.2. The molecule has 0 atom stereocenters. The maximum absolute atomic E-state index is 11.8. The predicted octanol–water partition coefficient (Wildman–Crippen LogP) is 6.03. The molecule has 4 aromatic rings. The van der Waals surface area contributed by atoms with Gasteiger partial charge in [0.15, 0.2) is 11.6 Å². The third-order valence-corrected chi connectivity index (χ3v) is 4.38. The van der Waals surface area contributed by atoms with Crippen molar-refractivity contribution in [3.8, 4) is 0 Å². The van der Waals surface area contributed by atoms with Crippen LogP contribution in [0.25, 0.3) is 0 Å². The van der Waals surface area contributed by atoms with E-state index in [1.165, 1.54) is 0 Å². The molecule has 4 aromatic carbocycles. The Morgan fingerprint density at radius 3 is 1.21 bits per heavy atom. The maximum Gasteiger partial charge on any atom is 0.193 e. The summed E-state index contributed by atoms with van der Waals surface area (Å²) in [5, 5.41) is 0. The summed E-state index contributed by atoms with van der Waals surface area (Å²) in [7, 11) is 0. The molecule has 0 radical (unpaired) electrons. The smallest absolute Gasteiger partial charge is 0.193 e. The van der Waals surface area contributed by atoms with Crippen LogP contribution in [-0.4, -0.2) is 11.6 Å². The van der Waals surface area contributed by atoms with Gasteiger partial charge in [0.1, 0.15) is 0 Å². The molecule has 29 heavy (non-hydrogen) atoms. The largest absolute Gasteiger partial charge is 0.294 e. The van der Waals surface area contributed by atoms with Crippen LogP contribution in [0.2, 0.25) is 0 Å². The van der Waals surface area contributed by atoms with Gasteiger partial charge in [0.2, 0.25) is 0 Å². The molecule has 0 amide bonds. The van der Waals surface area contributed by atoms with E-state index >= 15 is 0 Å². The molecule has 2 nitrogen and oxygen atoms in total. The fourth-order valence-electron chi connectivity index (χ4n) is 2.85. The molecule has 0 fully saturated rings. The molecular weight excluding hydrogens is 356 g/mol. The topological polar surface area (TPSA) is 34.1 Å². The third-order valence-electron chi connectivity index (χ3n) is 4.38. The van der Waals surface area contributed by atoms with Crippen molar-refractivity contribution < 1.29 is 9.59 Å². The van der Waals surface area contributed by atoms with Crippen LogP contribution in [0.5, 0.6) is 0 Å². The van der Waals surface area contributed by atoms with E-state index in [-0.39, 0.29) is 11.6 Å². The van der Waals surface area contributed by atoms with Gasteiger partial charge in [-0.25, -0.2) is 0 Å². The first-order valence-corrected chi connectivity index (χ1v) is 9.51. The van der Waals surface area contributed by atoms with Gasteiger partial charge in [-0.15, -0.1) is 0 Å². The van der Waals surface area contributed by atoms with E-state index < -0.39 is 0 Å². The van der Waals surface area contributed by atoms with Gasteiger partial charge in [0, 0.05) is 23.1 Å². The number of carbonyl (C=O) groups is 2. The Balaban J connectivity index is 0.000000166. The lowest BCUT2D eigenvalue weighted by molar-refractivity contribution is 0.0991. The van der Waals surface area contributed by atoms with Crippen molar-refractivity contribution in [1.29, 1.82) is 0 Å². The summed E-state index contributed by atoms with van der Waals surface area (Å²) in [6, 6.07) is 37.8. The van der Waals surface area contributed by atoms with Gasteiger partial charge < -0.3 is 0 Å². The van der Waals surface area contributed by atoms with Crippen molar-refractivity contribution in [3.63, 3.8) is 0 Å². The molecule has 0 unspecified atom stereocenters. The number of hydrogen-bond donors (Lipinski definition) is 0. The second-order valence-corrected chi connectivity index (χ2v) is 6.51. The normalized spacial score (nSPS) is 9.79. The number of benzene rings is 4. The van der Waals surface area contributed by atoms with Crippen LogP contribution in [0.3, 0.4) is 0 Å². The zero-order chi connectivity index (χ0) is 20.3. The lowest BCUT2D eigenvalue weighted by Gasteiger charge is -2.00. The molecule has 0 aliphatic rings. The summed E-state index contributed by atoms with van der Waals surface area (Å²) in [6.45, 7) is 0. The Morgan fingerprint density at radius 2 is 0.793 bits per heavy atom. The zero-order valence-electron chi connectivity index (χ0n) is 16.1. The summed E-state index contributed by atoms with van der Waals surface area (Å²) in [5.74, 6) is 0.244. The van der Waals surface area contributed by atoms with Crippen LogP contribution in [0.15, 0.2) is 121 Å². The minimum atomic E-state index is 0.0752. The second-order valence-electron chi connectivity index (χ2n) is 6.51. The molecule has 0 N–H and O–H groups in total. The Kier molecular flexibility index (Phi) is 7.25. The molecule has 4 rings (SSSR count). The highest BCUT2D eigenvalue weighted by Crippen LogP contribution is 2.09. The summed E-state index contributed by atoms with van der Waals surface area (Å²) >= 11 is 0. The Bertz CT molecular complexity index is 983. The molecule has 2 heteroatoms. The summed E-state index contributed by atoms with van der Waals surface area (Å²) in [6.07, 6.45) is 0.477. The van der Waals surface area contributed by atoms with Crippen molar-refractivity contribution in [2.75, 3.05) is 0 Å². The molecule has 0 aliphatic heterocycles. The fraction of sp³-hybridized carbons (Fsp3) is 0.0370. The molecule has 142 valence electrons. The van der Waals surface area contributed by atoms with E-state index in [1.54, 1.807) is 0 Å². The Hall–Kier alpha value is -3.78. The van der Waals surface area contributed by atoms with Gasteiger partial charge in [-0.1, -0.05) is 121 Å². The van der Waals surface area contributed by atoms with Crippen LogP contribution >= 0.6 is 0 Å². The van der Waals surface area contributed by atoms with Gasteiger partial charge >= 0.3 is 0 Å². The van der Waals surface area contributed by atoms with Crippen molar-refractivity contribution in [1.82, 2.24) is 0 Å². The van der Waals surface area contributed by atoms with E-state index in [4.69, 9.17) is 0 Å². The lowest BCUT2D eigenvalue weighted by atomic mass is 10.0. The third kappa shape index (κ3) is 6.12. The molecule has 0 saturated heterocycles. The average Bonchev–Trinajstić information content (AvgIpc) is 2.81. The van der Waals surface area contributed by atoms with Crippen LogP contribution < -0.4 is 0 Å². The van der Waals surface area contributed by atoms with Gasteiger partial charge in [0.25, 0.3) is 0 Å². The summed E-state index contributed by atoms with van der Waals surface area (Å²) < 4.78 is 0. The summed E-state index contributed by atoms with van der Waals surface area (Å²) in [5.41, 5.74) is 3.31. The standard InChI is InChI=1S/C14H12O.C13H10O/c15-14(13-9-5-2-6-10-13)11-12-7-3-1-4-8-12;14-13(11-7-3-1-4-8-11)12-9-5-2-6-10-12/h1-10H,11H2;1-10H. The van der Waals surface area contributed by atoms with Crippen molar-refractivity contribution in [2.45, 2.75) is 6.42 Å². The second kappa shape index (κ2) is 10.5. The number of rotatable bonds is 5. The number of Topliss-reactive ketones (excluding diaryl/α,β-unsaturated/α-hetero) is 1. The van der Waals surface area contributed by atoms with Crippen LogP contribution in [0.4, 0.5) is 0 Å². The number of ketones is 2. The highest BCUT2D eigenvalue weighted by molar-refractivity contribution is 6.08. The molecule has 0 heterocycles. The van der Waals surface area contributed by atoms with Crippen LogP contribution in [-0.2, 0) is 6.42 Å². The molecular formula is C27H22O2. The van der Waals surface area contributed by atoms with Gasteiger partial charge in [-0.05, 0) is 5.56 Å². The minimum absolute atomic E-state index is 0.0752. The first kappa shape index (κ1) is 20.0. The fourth-order valence-corrected chi connectivity index (χ4v) is 2.85. The monoisotopic (exact) mass is 378 g/mol. The molecule has 0 spiro atoms. The molecule has 0 aromatic heterocycles. The Labute approximate surface area is 171 Å². The molecule has 0 aliphatic carbocycles. The van der Waals surface area contributed by atoms with E-state index in [0.29, 0.717) is 6.42 Å². The quantitative estimate of drug-likeness (QED) is 0.397.